The fourth-order valence-corrected chi connectivity index (χ4v) is 3.74. The average Bonchev–Trinajstić information content (AvgIpc) is 2.87. The zero-order valence-corrected chi connectivity index (χ0v) is 18.2. The number of pyridine rings is 2. The molecule has 0 bridgehead atoms. The number of terminal acetylenes is 1. The molecule has 1 saturated heterocycles. The standard InChI is InChI=1S/C24H21FN4O2.C2H2/c1-16-17(14-26)9-11-28-23(16)31-19-5-4-12-29(15-19)24(30)21-13-18(25)7-8-20(21)22-6-2-3-10-27-22;1-2/h2-3,6-11,13,19H,4-5,12,15H2,1H3;1-2H/t19-;/m1./s1. The van der Waals surface area contributed by atoms with Crippen molar-refractivity contribution < 1.29 is 13.9 Å². The van der Waals surface area contributed by atoms with Gasteiger partial charge >= 0.3 is 0 Å². The van der Waals surface area contributed by atoms with Crippen LogP contribution >= 0.6 is 0 Å². The van der Waals surface area contributed by atoms with Gasteiger partial charge in [0, 0.05) is 30.1 Å². The maximum absolute atomic E-state index is 14.0. The number of benzene rings is 1. The fourth-order valence-electron chi connectivity index (χ4n) is 3.74. The number of carbonyl (C=O) groups excluding carboxylic acids is 1. The predicted molar refractivity (Wildman–Crippen MR) is 123 cm³/mol. The Kier molecular flexibility index (Phi) is 7.73. The third kappa shape index (κ3) is 5.34. The summed E-state index contributed by atoms with van der Waals surface area (Å²) in [5, 5.41) is 9.21. The second kappa shape index (κ2) is 10.9. The fraction of sp³-hybridized carbons (Fsp3) is 0.231. The van der Waals surface area contributed by atoms with E-state index in [-0.39, 0.29) is 17.6 Å². The minimum Gasteiger partial charge on any atom is -0.472 e. The highest BCUT2D eigenvalue weighted by molar-refractivity contribution is 6.00. The van der Waals surface area contributed by atoms with E-state index in [1.165, 1.54) is 12.1 Å². The highest BCUT2D eigenvalue weighted by Crippen LogP contribution is 2.27. The predicted octanol–water partition coefficient (Wildman–Crippen LogP) is 4.40. The van der Waals surface area contributed by atoms with Gasteiger partial charge < -0.3 is 9.64 Å². The van der Waals surface area contributed by atoms with Crippen molar-refractivity contribution in [3.8, 4) is 36.1 Å². The SMILES string of the molecule is C#C.Cc1c(C#N)ccnc1O[C@@H]1CCCN(C(=O)c2cc(F)ccc2-c2ccccn2)C1. The van der Waals surface area contributed by atoms with E-state index in [0.29, 0.717) is 41.4 Å². The molecule has 3 aromatic rings. The van der Waals surface area contributed by atoms with Crippen LogP contribution in [0.25, 0.3) is 11.3 Å². The summed E-state index contributed by atoms with van der Waals surface area (Å²) in [5.74, 6) is -0.330. The maximum atomic E-state index is 14.0. The molecule has 6 nitrogen and oxygen atoms in total. The Balaban J connectivity index is 0.00000149. The van der Waals surface area contributed by atoms with E-state index in [1.807, 2.05) is 6.07 Å². The number of carbonyl (C=O) groups is 1. The van der Waals surface area contributed by atoms with Crippen molar-refractivity contribution in [1.82, 2.24) is 14.9 Å². The van der Waals surface area contributed by atoms with Gasteiger partial charge in [-0.15, -0.1) is 12.8 Å². The van der Waals surface area contributed by atoms with Crippen LogP contribution in [0.2, 0.25) is 0 Å². The Morgan fingerprint density at radius 1 is 1.21 bits per heavy atom. The number of aromatic nitrogens is 2. The van der Waals surface area contributed by atoms with Crippen molar-refractivity contribution in [2.75, 3.05) is 13.1 Å². The van der Waals surface area contributed by atoms with Gasteiger partial charge in [0.15, 0.2) is 0 Å². The first-order valence-corrected chi connectivity index (χ1v) is 10.4. The van der Waals surface area contributed by atoms with E-state index in [0.717, 1.165) is 12.8 Å². The number of ether oxygens (including phenoxy) is 1. The van der Waals surface area contributed by atoms with E-state index in [4.69, 9.17) is 4.74 Å². The van der Waals surface area contributed by atoms with Gasteiger partial charge in [-0.2, -0.15) is 5.26 Å². The van der Waals surface area contributed by atoms with Crippen LogP contribution in [-0.4, -0.2) is 40.0 Å². The molecule has 7 heteroatoms. The zero-order valence-electron chi connectivity index (χ0n) is 18.2. The molecule has 0 saturated carbocycles. The summed E-state index contributed by atoms with van der Waals surface area (Å²) < 4.78 is 20.1. The van der Waals surface area contributed by atoms with Crippen LogP contribution in [0.1, 0.15) is 34.3 Å². The maximum Gasteiger partial charge on any atom is 0.254 e. The molecule has 166 valence electrons. The van der Waals surface area contributed by atoms with Crippen LogP contribution in [0.5, 0.6) is 5.88 Å². The first-order valence-electron chi connectivity index (χ1n) is 10.4. The summed E-state index contributed by atoms with van der Waals surface area (Å²) in [6.45, 7) is 2.70. The quantitative estimate of drug-likeness (QED) is 0.560. The van der Waals surface area contributed by atoms with Gasteiger partial charge in [0.05, 0.1) is 29.4 Å². The number of amides is 1. The third-order valence-electron chi connectivity index (χ3n) is 5.37. The number of hydrogen-bond donors (Lipinski definition) is 0. The largest absolute Gasteiger partial charge is 0.472 e. The lowest BCUT2D eigenvalue weighted by molar-refractivity contribution is 0.0526. The molecular formula is C26H23FN4O2. The van der Waals surface area contributed by atoms with E-state index >= 15 is 0 Å². The molecule has 4 rings (SSSR count). The van der Waals surface area contributed by atoms with Crippen molar-refractivity contribution >= 4 is 5.91 Å². The van der Waals surface area contributed by atoms with Crippen molar-refractivity contribution in [1.29, 1.82) is 5.26 Å². The second-order valence-electron chi connectivity index (χ2n) is 7.44. The number of hydrogen-bond acceptors (Lipinski definition) is 5. The lowest BCUT2D eigenvalue weighted by Gasteiger charge is -2.33. The minimum atomic E-state index is -0.471. The number of piperidine rings is 1. The zero-order chi connectivity index (χ0) is 23.8. The summed E-state index contributed by atoms with van der Waals surface area (Å²) in [6, 6.07) is 13.4. The Morgan fingerprint density at radius 2 is 2.03 bits per heavy atom. The van der Waals surface area contributed by atoms with Crippen molar-refractivity contribution in [2.45, 2.75) is 25.9 Å². The molecule has 1 amide bonds. The molecule has 33 heavy (non-hydrogen) atoms. The second-order valence-corrected chi connectivity index (χ2v) is 7.44. The van der Waals surface area contributed by atoms with Gasteiger partial charge in [0.25, 0.3) is 5.91 Å². The summed E-state index contributed by atoms with van der Waals surface area (Å²) in [5.41, 5.74) is 2.67. The number of nitrogens with zero attached hydrogens (tertiary/aromatic N) is 4. The Labute approximate surface area is 192 Å². The molecular weight excluding hydrogens is 419 g/mol. The summed E-state index contributed by atoms with van der Waals surface area (Å²) >= 11 is 0. The molecule has 1 fully saturated rings. The van der Waals surface area contributed by atoms with Crippen LogP contribution in [0.4, 0.5) is 4.39 Å². The lowest BCUT2D eigenvalue weighted by Crippen LogP contribution is -2.44. The van der Waals surface area contributed by atoms with E-state index < -0.39 is 5.82 Å². The molecule has 1 atom stereocenters. The van der Waals surface area contributed by atoms with Crippen molar-refractivity contribution in [3.05, 3.63) is 77.4 Å². The van der Waals surface area contributed by atoms with Crippen molar-refractivity contribution in [2.24, 2.45) is 0 Å². The molecule has 0 radical (unpaired) electrons. The molecule has 0 N–H and O–H groups in total. The first kappa shape index (κ1) is 23.4. The number of rotatable bonds is 4. The van der Waals surface area contributed by atoms with Crippen LogP contribution in [-0.2, 0) is 0 Å². The van der Waals surface area contributed by atoms with Gasteiger partial charge in [-0.05, 0) is 56.2 Å². The normalized spacial score (nSPS) is 15.0. The highest BCUT2D eigenvalue weighted by Gasteiger charge is 2.28. The highest BCUT2D eigenvalue weighted by atomic mass is 19.1. The first-order chi connectivity index (χ1) is 16.1. The van der Waals surface area contributed by atoms with Crippen molar-refractivity contribution in [3.63, 3.8) is 0 Å². The Bertz CT molecular complexity index is 1190. The molecule has 1 aliphatic heterocycles. The van der Waals surface area contributed by atoms with Crippen LogP contribution in [0.3, 0.4) is 0 Å². The van der Waals surface area contributed by atoms with Gasteiger partial charge in [-0.3, -0.25) is 9.78 Å². The molecule has 0 aliphatic carbocycles. The minimum absolute atomic E-state index is 0.260. The smallest absolute Gasteiger partial charge is 0.254 e. The molecule has 2 aromatic heterocycles. The number of nitriles is 1. The summed E-state index contributed by atoms with van der Waals surface area (Å²) in [4.78, 5) is 23.6. The van der Waals surface area contributed by atoms with E-state index in [2.05, 4.69) is 28.9 Å². The monoisotopic (exact) mass is 442 g/mol. The molecule has 0 spiro atoms. The van der Waals surface area contributed by atoms with Gasteiger partial charge in [-0.1, -0.05) is 6.07 Å². The lowest BCUT2D eigenvalue weighted by atomic mass is 10.0. The van der Waals surface area contributed by atoms with Gasteiger partial charge in [-0.25, -0.2) is 9.37 Å². The third-order valence-corrected chi connectivity index (χ3v) is 5.37. The molecule has 1 aromatic carbocycles. The summed E-state index contributed by atoms with van der Waals surface area (Å²) in [7, 11) is 0. The topological polar surface area (TPSA) is 79.1 Å². The van der Waals surface area contributed by atoms with Crippen LogP contribution in [0.15, 0.2) is 54.9 Å². The summed E-state index contributed by atoms with van der Waals surface area (Å²) in [6.07, 6.45) is 12.4. The molecule has 3 heterocycles. The van der Waals surface area contributed by atoms with E-state index in [1.54, 1.807) is 48.5 Å². The average molecular weight is 442 g/mol. The Morgan fingerprint density at radius 3 is 2.76 bits per heavy atom. The number of halogens is 1. The van der Waals surface area contributed by atoms with E-state index in [9.17, 15) is 14.4 Å². The van der Waals surface area contributed by atoms with Gasteiger partial charge in [0.2, 0.25) is 5.88 Å². The van der Waals surface area contributed by atoms with Crippen LogP contribution in [0, 0.1) is 36.9 Å². The number of likely N-dealkylation sites (tertiary alicyclic amines) is 1. The molecule has 0 unspecified atom stereocenters. The van der Waals surface area contributed by atoms with Gasteiger partial charge in [0.1, 0.15) is 11.9 Å². The Hall–Kier alpha value is -4.23. The van der Waals surface area contributed by atoms with Crippen LogP contribution < -0.4 is 4.74 Å². The molecule has 1 aliphatic rings.